The van der Waals surface area contributed by atoms with Crippen molar-refractivity contribution in [2.24, 2.45) is 5.73 Å². The highest BCUT2D eigenvalue weighted by Crippen LogP contribution is 2.34. The van der Waals surface area contributed by atoms with Crippen molar-refractivity contribution in [2.75, 3.05) is 19.8 Å². The lowest BCUT2D eigenvalue weighted by atomic mass is 10.1. The van der Waals surface area contributed by atoms with Gasteiger partial charge >= 0.3 is 0 Å². The fourth-order valence-corrected chi connectivity index (χ4v) is 3.09. The van der Waals surface area contributed by atoms with Crippen LogP contribution in [0.4, 0.5) is 0 Å². The van der Waals surface area contributed by atoms with Gasteiger partial charge in [0.1, 0.15) is 0 Å². The van der Waals surface area contributed by atoms with E-state index in [1.54, 1.807) is 0 Å². The fourth-order valence-electron chi connectivity index (χ4n) is 1.41. The third kappa shape index (κ3) is 2.78. The van der Waals surface area contributed by atoms with Crippen molar-refractivity contribution < 1.29 is 9.84 Å². The van der Waals surface area contributed by atoms with Crippen LogP contribution in [0.1, 0.15) is 11.6 Å². The minimum absolute atomic E-state index is 0.0323. The summed E-state index contributed by atoms with van der Waals surface area (Å²) >= 11 is 5.34. The highest BCUT2D eigenvalue weighted by Gasteiger charge is 2.20. The van der Waals surface area contributed by atoms with Gasteiger partial charge in [0.2, 0.25) is 0 Å². The second-order valence-electron chi connectivity index (χ2n) is 3.76. The zero-order chi connectivity index (χ0) is 11.5. The van der Waals surface area contributed by atoms with Gasteiger partial charge in [-0.3, -0.25) is 0 Å². The van der Waals surface area contributed by atoms with Crippen LogP contribution in [0, 0.1) is 0 Å². The molecule has 0 bridgehead atoms. The van der Waals surface area contributed by atoms with Crippen LogP contribution in [-0.4, -0.2) is 30.2 Å². The van der Waals surface area contributed by atoms with E-state index in [9.17, 15) is 0 Å². The number of aliphatic hydroxyl groups excluding tert-OH is 1. The molecule has 0 aliphatic carbocycles. The Labute approximate surface area is 107 Å². The van der Waals surface area contributed by atoms with Crippen LogP contribution in [0.3, 0.4) is 0 Å². The summed E-state index contributed by atoms with van der Waals surface area (Å²) in [7, 11) is 0. The normalized spacial score (nSPS) is 18.2. The number of aliphatic hydroxyl groups is 1. The molecule has 16 heavy (non-hydrogen) atoms. The maximum atomic E-state index is 8.98. The van der Waals surface area contributed by atoms with Gasteiger partial charge < -0.3 is 15.6 Å². The molecule has 88 valence electrons. The Hall–Kier alpha value is -0.0700. The molecule has 3 nitrogen and oxygen atoms in total. The number of hydrogen-bond donors (Lipinski definition) is 2. The number of rotatable bonds is 4. The van der Waals surface area contributed by atoms with E-state index in [-0.39, 0.29) is 12.6 Å². The Balaban J connectivity index is 2.09. The predicted octanol–water partition coefficient (Wildman–Crippen LogP) is 1.93. The number of ether oxygens (including phenoxy) is 1. The smallest absolute Gasteiger partial charge is 0.0624 e. The fraction of sp³-hybridized carbons (Fsp3) is 0.455. The summed E-state index contributed by atoms with van der Waals surface area (Å²) in [5, 5.41) is 9.54. The maximum absolute atomic E-state index is 8.98. The maximum Gasteiger partial charge on any atom is 0.0624 e. The van der Waals surface area contributed by atoms with Gasteiger partial charge in [0.05, 0.1) is 31.1 Å². The molecule has 1 aliphatic heterocycles. The molecule has 5 heteroatoms. The largest absolute Gasteiger partial charge is 0.394 e. The summed E-state index contributed by atoms with van der Waals surface area (Å²) in [5.41, 5.74) is 6.70. The first-order chi connectivity index (χ1) is 7.70. The molecule has 1 heterocycles. The van der Waals surface area contributed by atoms with Crippen LogP contribution >= 0.6 is 27.7 Å². The standard InChI is InChI=1S/C11H14BrNO2S/c12-9-3-7(10(13)4-14)1-2-11(9)16-8-5-15-6-8/h1-3,8,10,14H,4-6,13H2. The second kappa shape index (κ2) is 5.51. The van der Waals surface area contributed by atoms with Gasteiger partial charge in [-0.15, -0.1) is 11.8 Å². The molecule has 0 amide bonds. The molecule has 0 spiro atoms. The number of nitrogens with two attached hydrogens (primary N) is 1. The van der Waals surface area contributed by atoms with Crippen molar-refractivity contribution in [1.82, 2.24) is 0 Å². The Morgan fingerprint density at radius 1 is 1.56 bits per heavy atom. The first-order valence-corrected chi connectivity index (χ1v) is 6.78. The zero-order valence-electron chi connectivity index (χ0n) is 8.73. The molecule has 1 saturated heterocycles. The van der Waals surface area contributed by atoms with Crippen LogP contribution in [0.5, 0.6) is 0 Å². The topological polar surface area (TPSA) is 55.5 Å². The van der Waals surface area contributed by atoms with E-state index in [2.05, 4.69) is 15.9 Å². The van der Waals surface area contributed by atoms with Gasteiger partial charge in [-0.2, -0.15) is 0 Å². The Morgan fingerprint density at radius 3 is 2.81 bits per heavy atom. The van der Waals surface area contributed by atoms with E-state index in [4.69, 9.17) is 15.6 Å². The predicted molar refractivity (Wildman–Crippen MR) is 68.6 cm³/mol. The molecular weight excluding hydrogens is 290 g/mol. The first-order valence-electron chi connectivity index (χ1n) is 5.11. The third-order valence-electron chi connectivity index (χ3n) is 2.48. The monoisotopic (exact) mass is 303 g/mol. The zero-order valence-corrected chi connectivity index (χ0v) is 11.1. The lowest BCUT2D eigenvalue weighted by molar-refractivity contribution is 0.0455. The molecule has 1 fully saturated rings. The Bertz CT molecular complexity index is 371. The number of benzene rings is 1. The molecule has 1 aromatic carbocycles. The number of halogens is 1. The van der Waals surface area contributed by atoms with Crippen molar-refractivity contribution in [3.63, 3.8) is 0 Å². The van der Waals surface area contributed by atoms with Crippen LogP contribution in [0.25, 0.3) is 0 Å². The van der Waals surface area contributed by atoms with Gasteiger partial charge in [-0.25, -0.2) is 0 Å². The lowest BCUT2D eigenvalue weighted by Gasteiger charge is -2.25. The summed E-state index contributed by atoms with van der Waals surface area (Å²) < 4.78 is 6.17. The molecule has 1 atom stereocenters. The quantitative estimate of drug-likeness (QED) is 0.892. The van der Waals surface area contributed by atoms with Crippen molar-refractivity contribution in [3.05, 3.63) is 28.2 Å². The van der Waals surface area contributed by atoms with Gasteiger partial charge in [0.15, 0.2) is 0 Å². The van der Waals surface area contributed by atoms with Crippen LogP contribution in [0.2, 0.25) is 0 Å². The summed E-state index contributed by atoms with van der Waals surface area (Å²) in [6.07, 6.45) is 0. The van der Waals surface area contributed by atoms with E-state index >= 15 is 0 Å². The van der Waals surface area contributed by atoms with Crippen LogP contribution < -0.4 is 5.73 Å². The van der Waals surface area contributed by atoms with Crippen molar-refractivity contribution in [1.29, 1.82) is 0 Å². The molecule has 0 radical (unpaired) electrons. The highest BCUT2D eigenvalue weighted by molar-refractivity contribution is 9.10. The average molecular weight is 304 g/mol. The van der Waals surface area contributed by atoms with Gasteiger partial charge in [0.25, 0.3) is 0 Å². The van der Waals surface area contributed by atoms with Crippen molar-refractivity contribution >= 4 is 27.7 Å². The van der Waals surface area contributed by atoms with Gasteiger partial charge in [-0.1, -0.05) is 6.07 Å². The Kier molecular flexibility index (Phi) is 4.27. The highest BCUT2D eigenvalue weighted by atomic mass is 79.9. The van der Waals surface area contributed by atoms with E-state index in [0.29, 0.717) is 5.25 Å². The molecule has 1 aliphatic rings. The summed E-state index contributed by atoms with van der Waals surface area (Å²) in [5.74, 6) is 0. The lowest BCUT2D eigenvalue weighted by Crippen LogP contribution is -2.30. The molecular formula is C11H14BrNO2S. The summed E-state index contributed by atoms with van der Waals surface area (Å²) in [6.45, 7) is 1.62. The number of thioether (sulfide) groups is 1. The SMILES string of the molecule is NC(CO)c1ccc(SC2COC2)c(Br)c1. The molecule has 0 aromatic heterocycles. The number of hydrogen-bond acceptors (Lipinski definition) is 4. The average Bonchev–Trinajstić information content (AvgIpc) is 2.23. The summed E-state index contributed by atoms with van der Waals surface area (Å²) in [4.78, 5) is 1.20. The van der Waals surface area contributed by atoms with Crippen molar-refractivity contribution in [3.8, 4) is 0 Å². The molecule has 1 unspecified atom stereocenters. The minimum Gasteiger partial charge on any atom is -0.394 e. The summed E-state index contributed by atoms with van der Waals surface area (Å²) in [6, 6.07) is 5.68. The van der Waals surface area contributed by atoms with E-state index in [1.807, 2.05) is 30.0 Å². The molecule has 1 aromatic rings. The van der Waals surface area contributed by atoms with Gasteiger partial charge in [-0.05, 0) is 33.6 Å². The molecule has 0 saturated carbocycles. The third-order valence-corrected chi connectivity index (χ3v) is 4.62. The Morgan fingerprint density at radius 2 is 2.31 bits per heavy atom. The van der Waals surface area contributed by atoms with E-state index in [0.717, 1.165) is 23.2 Å². The van der Waals surface area contributed by atoms with E-state index < -0.39 is 0 Å². The first kappa shape index (κ1) is 12.4. The van der Waals surface area contributed by atoms with Crippen LogP contribution in [-0.2, 0) is 4.74 Å². The molecule has 3 N–H and O–H groups in total. The molecule has 2 rings (SSSR count). The van der Waals surface area contributed by atoms with Crippen molar-refractivity contribution in [2.45, 2.75) is 16.2 Å². The van der Waals surface area contributed by atoms with E-state index in [1.165, 1.54) is 4.90 Å². The van der Waals surface area contributed by atoms with Gasteiger partial charge in [0, 0.05) is 9.37 Å². The second-order valence-corrected chi connectivity index (χ2v) is 5.95. The van der Waals surface area contributed by atoms with Crippen LogP contribution in [0.15, 0.2) is 27.6 Å². The minimum atomic E-state index is -0.303.